The normalized spacial score (nSPS) is 15.5. The van der Waals surface area contributed by atoms with E-state index in [2.05, 4.69) is 59.5 Å². The lowest BCUT2D eigenvalue weighted by atomic mass is 9.87. The van der Waals surface area contributed by atoms with Gasteiger partial charge in [-0.3, -0.25) is 4.90 Å². The Balaban J connectivity index is 1.37. The number of halogens is 1. The predicted molar refractivity (Wildman–Crippen MR) is 147 cm³/mol. The Labute approximate surface area is 218 Å². The van der Waals surface area contributed by atoms with Crippen molar-refractivity contribution < 1.29 is 14.2 Å². The van der Waals surface area contributed by atoms with Crippen LogP contribution in [0.3, 0.4) is 0 Å². The molecule has 0 aromatic heterocycles. The fourth-order valence-corrected chi connectivity index (χ4v) is 5.29. The van der Waals surface area contributed by atoms with Crippen LogP contribution in [0, 0.1) is 0 Å². The topological polar surface area (TPSA) is 30.9 Å². The maximum atomic E-state index is 5.99. The van der Waals surface area contributed by atoms with Crippen LogP contribution < -0.4 is 14.2 Å². The van der Waals surface area contributed by atoms with Gasteiger partial charge in [0.2, 0.25) is 0 Å². The SMILES string of the molecule is COc1cc2c(cc1OC)C(Cc1ccc3ccccc3c1)N(CCCOc1ccc(Cl)cc1)CC2. The summed E-state index contributed by atoms with van der Waals surface area (Å²) in [7, 11) is 3.41. The van der Waals surface area contributed by atoms with Gasteiger partial charge in [-0.05, 0) is 83.1 Å². The van der Waals surface area contributed by atoms with Crippen molar-refractivity contribution in [2.24, 2.45) is 0 Å². The van der Waals surface area contributed by atoms with E-state index in [1.807, 2.05) is 24.3 Å². The third kappa shape index (κ3) is 5.45. The first-order chi connectivity index (χ1) is 17.6. The van der Waals surface area contributed by atoms with E-state index in [-0.39, 0.29) is 6.04 Å². The van der Waals surface area contributed by atoms with Gasteiger partial charge < -0.3 is 14.2 Å². The molecular formula is C31H32ClNO3. The second-order valence-electron chi connectivity index (χ2n) is 9.25. The highest BCUT2D eigenvalue weighted by Crippen LogP contribution is 2.39. The molecule has 0 saturated carbocycles. The van der Waals surface area contributed by atoms with Crippen molar-refractivity contribution in [3.05, 3.63) is 101 Å². The minimum absolute atomic E-state index is 0.255. The van der Waals surface area contributed by atoms with Crippen LogP contribution in [0.15, 0.2) is 78.9 Å². The zero-order valence-corrected chi connectivity index (χ0v) is 21.6. The average molecular weight is 502 g/mol. The molecule has 0 saturated heterocycles. The summed E-state index contributed by atoms with van der Waals surface area (Å²) in [6.07, 6.45) is 2.87. The van der Waals surface area contributed by atoms with Crippen LogP contribution in [0.25, 0.3) is 10.8 Å². The van der Waals surface area contributed by atoms with Gasteiger partial charge in [-0.25, -0.2) is 0 Å². The highest BCUT2D eigenvalue weighted by Gasteiger charge is 2.29. The van der Waals surface area contributed by atoms with Crippen molar-refractivity contribution in [1.82, 2.24) is 4.90 Å². The summed E-state index contributed by atoms with van der Waals surface area (Å²) in [5.41, 5.74) is 4.00. The Bertz CT molecular complexity index is 1320. The first kappa shape index (κ1) is 24.5. The summed E-state index contributed by atoms with van der Waals surface area (Å²) in [6, 6.07) is 27.5. The minimum Gasteiger partial charge on any atom is -0.494 e. The fraction of sp³-hybridized carbons (Fsp3) is 0.290. The molecule has 1 atom stereocenters. The highest BCUT2D eigenvalue weighted by molar-refractivity contribution is 6.30. The van der Waals surface area contributed by atoms with E-state index in [4.69, 9.17) is 25.8 Å². The Morgan fingerprint density at radius 2 is 1.61 bits per heavy atom. The number of hydrogen-bond acceptors (Lipinski definition) is 4. The summed E-state index contributed by atoms with van der Waals surface area (Å²) >= 11 is 5.99. The van der Waals surface area contributed by atoms with Gasteiger partial charge in [0.15, 0.2) is 11.5 Å². The van der Waals surface area contributed by atoms with E-state index < -0.39 is 0 Å². The molecule has 0 N–H and O–H groups in total. The fourth-order valence-electron chi connectivity index (χ4n) is 5.16. The molecule has 5 rings (SSSR count). The van der Waals surface area contributed by atoms with Crippen LogP contribution in [-0.2, 0) is 12.8 Å². The summed E-state index contributed by atoms with van der Waals surface area (Å²) in [5, 5.41) is 3.27. The van der Waals surface area contributed by atoms with E-state index in [9.17, 15) is 0 Å². The number of ether oxygens (including phenoxy) is 3. The molecule has 36 heavy (non-hydrogen) atoms. The Kier molecular flexibility index (Phi) is 7.64. The molecule has 1 heterocycles. The van der Waals surface area contributed by atoms with Gasteiger partial charge in [0.05, 0.1) is 20.8 Å². The molecular weight excluding hydrogens is 470 g/mol. The lowest BCUT2D eigenvalue weighted by Crippen LogP contribution is -2.37. The molecule has 0 aliphatic carbocycles. The average Bonchev–Trinajstić information content (AvgIpc) is 2.92. The summed E-state index contributed by atoms with van der Waals surface area (Å²) in [4.78, 5) is 2.59. The molecule has 0 spiro atoms. The third-order valence-electron chi connectivity index (χ3n) is 7.03. The molecule has 4 aromatic carbocycles. The van der Waals surface area contributed by atoms with E-state index in [1.165, 1.54) is 27.5 Å². The molecule has 186 valence electrons. The molecule has 0 radical (unpaired) electrons. The van der Waals surface area contributed by atoms with Gasteiger partial charge in [-0.15, -0.1) is 0 Å². The maximum Gasteiger partial charge on any atom is 0.161 e. The first-order valence-corrected chi connectivity index (χ1v) is 12.9. The molecule has 0 amide bonds. The quantitative estimate of drug-likeness (QED) is 0.228. The van der Waals surface area contributed by atoms with Gasteiger partial charge in [0.25, 0.3) is 0 Å². The number of rotatable bonds is 9. The van der Waals surface area contributed by atoms with Gasteiger partial charge in [-0.1, -0.05) is 54.1 Å². The van der Waals surface area contributed by atoms with Crippen molar-refractivity contribution in [1.29, 1.82) is 0 Å². The molecule has 1 aliphatic rings. The molecule has 1 unspecified atom stereocenters. The van der Waals surface area contributed by atoms with Crippen molar-refractivity contribution in [2.75, 3.05) is 33.9 Å². The zero-order chi connectivity index (χ0) is 24.9. The van der Waals surface area contributed by atoms with Crippen molar-refractivity contribution in [3.63, 3.8) is 0 Å². The van der Waals surface area contributed by atoms with Crippen LogP contribution in [0.1, 0.15) is 29.2 Å². The molecule has 5 heteroatoms. The minimum atomic E-state index is 0.255. The molecule has 4 nitrogen and oxygen atoms in total. The van der Waals surface area contributed by atoms with E-state index in [0.29, 0.717) is 6.61 Å². The summed E-state index contributed by atoms with van der Waals surface area (Å²) < 4.78 is 17.2. The second-order valence-corrected chi connectivity index (χ2v) is 9.69. The van der Waals surface area contributed by atoms with Crippen molar-refractivity contribution in [3.8, 4) is 17.2 Å². The van der Waals surface area contributed by atoms with Crippen LogP contribution in [0.2, 0.25) is 5.02 Å². The lowest BCUT2D eigenvalue weighted by molar-refractivity contribution is 0.167. The van der Waals surface area contributed by atoms with Crippen LogP contribution in [-0.4, -0.2) is 38.8 Å². The second kappa shape index (κ2) is 11.2. The first-order valence-electron chi connectivity index (χ1n) is 12.5. The molecule has 0 bridgehead atoms. The van der Waals surface area contributed by atoms with Crippen LogP contribution in [0.5, 0.6) is 17.2 Å². The largest absolute Gasteiger partial charge is 0.494 e. The van der Waals surface area contributed by atoms with Crippen molar-refractivity contribution in [2.45, 2.75) is 25.3 Å². The van der Waals surface area contributed by atoms with Crippen LogP contribution in [0.4, 0.5) is 0 Å². The standard InChI is InChI=1S/C31H32ClNO3/c1-34-30-20-25-14-16-33(15-5-17-36-27-12-10-26(32)11-13-27)29(28(25)21-31(30)35-2)19-22-8-9-23-6-3-4-7-24(23)18-22/h3-4,6-13,18,20-21,29H,5,14-17,19H2,1-2H3. The predicted octanol–water partition coefficient (Wildman–Crippen LogP) is 7.12. The Hall–Kier alpha value is -3.21. The highest BCUT2D eigenvalue weighted by atomic mass is 35.5. The summed E-state index contributed by atoms with van der Waals surface area (Å²) in [6.45, 7) is 2.63. The van der Waals surface area contributed by atoms with E-state index in [0.717, 1.165) is 54.6 Å². The van der Waals surface area contributed by atoms with Gasteiger partial charge in [0, 0.05) is 24.2 Å². The van der Waals surface area contributed by atoms with Crippen molar-refractivity contribution >= 4 is 22.4 Å². The zero-order valence-electron chi connectivity index (χ0n) is 20.9. The van der Waals surface area contributed by atoms with E-state index >= 15 is 0 Å². The monoisotopic (exact) mass is 501 g/mol. The number of hydrogen-bond donors (Lipinski definition) is 0. The van der Waals surface area contributed by atoms with Crippen LogP contribution >= 0.6 is 11.6 Å². The number of nitrogens with zero attached hydrogens (tertiary/aromatic N) is 1. The Morgan fingerprint density at radius 1 is 0.861 bits per heavy atom. The Morgan fingerprint density at radius 3 is 2.39 bits per heavy atom. The van der Waals surface area contributed by atoms with E-state index in [1.54, 1.807) is 14.2 Å². The number of benzene rings is 4. The van der Waals surface area contributed by atoms with Gasteiger partial charge in [0.1, 0.15) is 5.75 Å². The van der Waals surface area contributed by atoms with Gasteiger partial charge in [-0.2, -0.15) is 0 Å². The third-order valence-corrected chi connectivity index (χ3v) is 7.28. The molecule has 0 fully saturated rings. The molecule has 4 aromatic rings. The maximum absolute atomic E-state index is 5.99. The van der Waals surface area contributed by atoms with Gasteiger partial charge >= 0.3 is 0 Å². The number of methoxy groups -OCH3 is 2. The lowest BCUT2D eigenvalue weighted by Gasteiger charge is -2.38. The smallest absolute Gasteiger partial charge is 0.161 e. The summed E-state index contributed by atoms with van der Waals surface area (Å²) in [5.74, 6) is 2.44. The number of fused-ring (bicyclic) bond motifs is 2. The molecule has 1 aliphatic heterocycles.